The lowest BCUT2D eigenvalue weighted by Crippen LogP contribution is -2.24. The third kappa shape index (κ3) is 2.28. The Morgan fingerprint density at radius 2 is 2.16 bits per heavy atom. The molecule has 0 unspecified atom stereocenters. The number of hydrogen-bond acceptors (Lipinski definition) is 4. The lowest BCUT2D eigenvalue weighted by Gasteiger charge is -2.03. The zero-order chi connectivity index (χ0) is 13.1. The van der Waals surface area contributed by atoms with Gasteiger partial charge in [0, 0.05) is 18.6 Å². The molecule has 0 radical (unpaired) electrons. The second kappa shape index (κ2) is 4.85. The zero-order valence-electron chi connectivity index (χ0n) is 10.0. The van der Waals surface area contributed by atoms with E-state index in [0.29, 0.717) is 17.9 Å². The van der Waals surface area contributed by atoms with Crippen LogP contribution >= 0.6 is 0 Å². The van der Waals surface area contributed by atoms with Gasteiger partial charge in [-0.1, -0.05) is 6.07 Å². The molecule has 19 heavy (non-hydrogen) atoms. The molecule has 3 rings (SSSR count). The van der Waals surface area contributed by atoms with Gasteiger partial charge in [-0.25, -0.2) is 0 Å². The summed E-state index contributed by atoms with van der Waals surface area (Å²) in [7, 11) is 0. The van der Waals surface area contributed by atoms with Crippen molar-refractivity contribution in [3.63, 3.8) is 0 Å². The van der Waals surface area contributed by atoms with Crippen LogP contribution in [0.3, 0.4) is 0 Å². The maximum absolute atomic E-state index is 11.9. The molecule has 0 aromatic carbocycles. The first-order chi connectivity index (χ1) is 9.34. The Bertz CT molecular complexity index is 707. The fourth-order valence-electron chi connectivity index (χ4n) is 1.77. The minimum absolute atomic E-state index is 0.180. The van der Waals surface area contributed by atoms with E-state index < -0.39 is 0 Å². The van der Waals surface area contributed by atoms with Gasteiger partial charge in [-0.15, -0.1) is 10.2 Å². The van der Waals surface area contributed by atoms with Gasteiger partial charge in [0.15, 0.2) is 11.5 Å². The molecule has 1 amide bonds. The number of hydrogen-bond donors (Lipinski definition) is 1. The highest BCUT2D eigenvalue weighted by molar-refractivity contribution is 5.93. The number of carbonyl (C=O) groups is 1. The summed E-state index contributed by atoms with van der Waals surface area (Å²) in [6.07, 6.45) is 5.01. The summed E-state index contributed by atoms with van der Waals surface area (Å²) < 4.78 is 1.84. The fraction of sp³-hybridized carbons (Fsp3) is 0.0769. The van der Waals surface area contributed by atoms with Crippen LogP contribution in [0.1, 0.15) is 16.2 Å². The second-order valence-electron chi connectivity index (χ2n) is 3.97. The van der Waals surface area contributed by atoms with Gasteiger partial charge in [-0.05, 0) is 24.3 Å². The Balaban J connectivity index is 1.75. The number of aromatic nitrogens is 4. The largest absolute Gasteiger partial charge is 0.345 e. The van der Waals surface area contributed by atoms with Crippen LogP contribution in [-0.4, -0.2) is 25.5 Å². The van der Waals surface area contributed by atoms with E-state index in [1.807, 2.05) is 28.8 Å². The number of amides is 1. The van der Waals surface area contributed by atoms with Gasteiger partial charge in [-0.3, -0.25) is 14.2 Å². The van der Waals surface area contributed by atoms with Crippen molar-refractivity contribution in [3.05, 3.63) is 60.3 Å². The SMILES string of the molecule is O=C(NCc1nnc2ccccn12)c1cccnc1. The van der Waals surface area contributed by atoms with Crippen LogP contribution < -0.4 is 5.32 Å². The number of carbonyl (C=O) groups excluding carboxylic acids is 1. The normalized spacial score (nSPS) is 10.5. The zero-order valence-corrected chi connectivity index (χ0v) is 10.0. The van der Waals surface area contributed by atoms with E-state index in [1.54, 1.807) is 18.3 Å². The lowest BCUT2D eigenvalue weighted by molar-refractivity contribution is 0.0949. The highest BCUT2D eigenvalue weighted by Crippen LogP contribution is 2.03. The Kier molecular flexibility index (Phi) is 2.89. The van der Waals surface area contributed by atoms with Gasteiger partial charge in [-0.2, -0.15) is 0 Å². The molecule has 0 fully saturated rings. The molecule has 6 nitrogen and oxygen atoms in total. The summed E-state index contributed by atoms with van der Waals surface area (Å²) in [6, 6.07) is 9.08. The van der Waals surface area contributed by atoms with Crippen molar-refractivity contribution in [2.24, 2.45) is 0 Å². The average Bonchev–Trinajstić information content (AvgIpc) is 2.89. The van der Waals surface area contributed by atoms with Crippen LogP contribution in [0.5, 0.6) is 0 Å². The van der Waals surface area contributed by atoms with Gasteiger partial charge in [0.2, 0.25) is 0 Å². The molecule has 1 N–H and O–H groups in total. The van der Waals surface area contributed by atoms with E-state index in [0.717, 1.165) is 5.65 Å². The highest BCUT2D eigenvalue weighted by Gasteiger charge is 2.08. The number of rotatable bonds is 3. The molecule has 0 aliphatic heterocycles. The predicted octanol–water partition coefficient (Wildman–Crippen LogP) is 1.05. The molecule has 3 heterocycles. The second-order valence-corrected chi connectivity index (χ2v) is 3.97. The van der Waals surface area contributed by atoms with E-state index >= 15 is 0 Å². The maximum Gasteiger partial charge on any atom is 0.253 e. The Hall–Kier alpha value is -2.76. The van der Waals surface area contributed by atoms with Crippen LogP contribution in [0, 0.1) is 0 Å². The van der Waals surface area contributed by atoms with E-state index in [-0.39, 0.29) is 5.91 Å². The predicted molar refractivity (Wildman–Crippen MR) is 68.4 cm³/mol. The molecular weight excluding hydrogens is 242 g/mol. The summed E-state index contributed by atoms with van der Waals surface area (Å²) in [5.74, 6) is 0.508. The van der Waals surface area contributed by atoms with Crippen molar-refractivity contribution >= 4 is 11.6 Å². The van der Waals surface area contributed by atoms with E-state index in [1.165, 1.54) is 6.20 Å². The van der Waals surface area contributed by atoms with E-state index in [4.69, 9.17) is 0 Å². The molecule has 0 saturated heterocycles. The third-order valence-corrected chi connectivity index (χ3v) is 2.72. The van der Waals surface area contributed by atoms with E-state index in [2.05, 4.69) is 20.5 Å². The van der Waals surface area contributed by atoms with Crippen LogP contribution in [0.25, 0.3) is 5.65 Å². The summed E-state index contributed by atoms with van der Waals surface area (Å²) in [5, 5.41) is 10.9. The quantitative estimate of drug-likeness (QED) is 0.757. The first-order valence-electron chi connectivity index (χ1n) is 5.81. The Labute approximate surface area is 109 Å². The summed E-state index contributed by atoms with van der Waals surface area (Å²) in [4.78, 5) is 15.8. The molecule has 0 spiro atoms. The van der Waals surface area contributed by atoms with Gasteiger partial charge >= 0.3 is 0 Å². The molecule has 94 valence electrons. The van der Waals surface area contributed by atoms with Crippen molar-refractivity contribution in [3.8, 4) is 0 Å². The van der Waals surface area contributed by atoms with Gasteiger partial charge in [0.05, 0.1) is 12.1 Å². The molecule has 3 aromatic heterocycles. The van der Waals surface area contributed by atoms with Crippen molar-refractivity contribution in [2.75, 3.05) is 0 Å². The molecule has 3 aromatic rings. The van der Waals surface area contributed by atoms with Crippen LogP contribution in [0.2, 0.25) is 0 Å². The minimum Gasteiger partial charge on any atom is -0.345 e. The average molecular weight is 253 g/mol. The summed E-state index contributed by atoms with van der Waals surface area (Å²) >= 11 is 0. The molecule has 6 heteroatoms. The lowest BCUT2D eigenvalue weighted by atomic mass is 10.3. The van der Waals surface area contributed by atoms with Crippen molar-refractivity contribution in [1.29, 1.82) is 0 Å². The monoisotopic (exact) mass is 253 g/mol. The molecule has 0 aliphatic carbocycles. The minimum atomic E-state index is -0.180. The Morgan fingerprint density at radius 3 is 3.00 bits per heavy atom. The molecule has 0 bridgehead atoms. The van der Waals surface area contributed by atoms with Crippen molar-refractivity contribution in [1.82, 2.24) is 24.9 Å². The fourth-order valence-corrected chi connectivity index (χ4v) is 1.77. The summed E-state index contributed by atoms with van der Waals surface area (Å²) in [5.41, 5.74) is 1.28. The third-order valence-electron chi connectivity index (χ3n) is 2.72. The first-order valence-corrected chi connectivity index (χ1v) is 5.81. The summed E-state index contributed by atoms with van der Waals surface area (Å²) in [6.45, 7) is 0.318. The van der Waals surface area contributed by atoms with Crippen LogP contribution in [-0.2, 0) is 6.54 Å². The van der Waals surface area contributed by atoms with Crippen molar-refractivity contribution < 1.29 is 4.79 Å². The molecule has 0 saturated carbocycles. The molecule has 0 atom stereocenters. The number of nitrogens with one attached hydrogen (secondary N) is 1. The smallest absolute Gasteiger partial charge is 0.253 e. The van der Waals surface area contributed by atoms with Crippen LogP contribution in [0.15, 0.2) is 48.9 Å². The van der Waals surface area contributed by atoms with Crippen molar-refractivity contribution in [2.45, 2.75) is 6.54 Å². The number of nitrogens with zero attached hydrogens (tertiary/aromatic N) is 4. The standard InChI is InChI=1S/C13H11N5O/c19-13(10-4-3-6-14-8-10)15-9-12-17-16-11-5-1-2-7-18(11)12/h1-8H,9H2,(H,15,19). The topological polar surface area (TPSA) is 72.2 Å². The number of fused-ring (bicyclic) bond motifs is 1. The highest BCUT2D eigenvalue weighted by atomic mass is 16.1. The molecular formula is C13H11N5O. The van der Waals surface area contributed by atoms with E-state index in [9.17, 15) is 4.79 Å². The first kappa shape index (κ1) is 11.3. The number of pyridine rings is 2. The molecule has 0 aliphatic rings. The van der Waals surface area contributed by atoms with Gasteiger partial charge < -0.3 is 5.32 Å². The Morgan fingerprint density at radius 1 is 1.21 bits per heavy atom. The van der Waals surface area contributed by atoms with Crippen LogP contribution in [0.4, 0.5) is 0 Å². The van der Waals surface area contributed by atoms with Gasteiger partial charge in [0.25, 0.3) is 5.91 Å². The maximum atomic E-state index is 11.9. The van der Waals surface area contributed by atoms with Gasteiger partial charge in [0.1, 0.15) is 0 Å².